The van der Waals surface area contributed by atoms with E-state index in [1.807, 2.05) is 77.2 Å². The van der Waals surface area contributed by atoms with Crippen LogP contribution in [0.2, 0.25) is 0 Å². The molecule has 0 spiro atoms. The zero-order valence-corrected chi connectivity index (χ0v) is 22.7. The quantitative estimate of drug-likeness (QED) is 0.263. The highest BCUT2D eigenvalue weighted by Crippen LogP contribution is 2.25. The van der Waals surface area contributed by atoms with E-state index in [2.05, 4.69) is 6.58 Å². The summed E-state index contributed by atoms with van der Waals surface area (Å²) in [6.07, 6.45) is 20.4. The van der Waals surface area contributed by atoms with E-state index in [0.717, 1.165) is 6.42 Å². The molecular weight excluding hydrogens is 452 g/mol. The van der Waals surface area contributed by atoms with Gasteiger partial charge >= 0.3 is 5.97 Å². The molecule has 0 fully saturated rings. The molecule has 0 aliphatic carbocycles. The Morgan fingerprint density at radius 3 is 2.08 bits per heavy atom. The number of carbonyl (C=O) groups is 1. The molecule has 36 heavy (non-hydrogen) atoms. The number of esters is 1. The zero-order chi connectivity index (χ0) is 27.1. The van der Waals surface area contributed by atoms with Crippen molar-refractivity contribution in [3.8, 4) is 0 Å². The standard InChI is InChI=1S/C31H48O5/c1-7-8-15-25(5)31-26(6)28(33)20-13-10-18-24(4)30(35)23(3)17-9-12-19-27(32)22(2)16-11-14-21-29(34)36-31/h7-11,14-18,21-28,30-33,35H,1,12-13,19-20H2,2-6H3/b15-8-,16-11+,17-9-,18-10-,21-14-/t22-,23+,24+,25+,26+,27-,28-,30+,31+/m1/s1. The lowest BCUT2D eigenvalue weighted by molar-refractivity contribution is -0.150. The first kappa shape index (κ1) is 31.8. The van der Waals surface area contributed by atoms with Crippen molar-refractivity contribution in [3.63, 3.8) is 0 Å². The Hall–Kier alpha value is -2.21. The molecular formula is C31H48O5. The van der Waals surface area contributed by atoms with Crippen LogP contribution in [0.15, 0.2) is 73.4 Å². The van der Waals surface area contributed by atoms with E-state index in [-0.39, 0.29) is 29.6 Å². The summed E-state index contributed by atoms with van der Waals surface area (Å²) in [6.45, 7) is 13.5. The molecule has 0 saturated carbocycles. The van der Waals surface area contributed by atoms with Gasteiger partial charge in [0, 0.05) is 35.7 Å². The van der Waals surface area contributed by atoms with Gasteiger partial charge in [-0.25, -0.2) is 4.79 Å². The second-order valence-corrected chi connectivity index (χ2v) is 10.2. The Morgan fingerprint density at radius 2 is 1.50 bits per heavy atom. The number of ether oxygens (including phenoxy) is 1. The minimum atomic E-state index is -0.654. The van der Waals surface area contributed by atoms with Gasteiger partial charge in [0.15, 0.2) is 0 Å². The van der Waals surface area contributed by atoms with Crippen LogP contribution >= 0.6 is 0 Å². The second kappa shape index (κ2) is 17.3. The van der Waals surface area contributed by atoms with Crippen molar-refractivity contribution in [2.45, 2.75) is 84.7 Å². The van der Waals surface area contributed by atoms with Crippen molar-refractivity contribution < 1.29 is 24.9 Å². The van der Waals surface area contributed by atoms with Gasteiger partial charge in [-0.2, -0.15) is 0 Å². The third kappa shape index (κ3) is 11.7. The molecule has 1 aliphatic heterocycles. The highest BCUT2D eigenvalue weighted by Gasteiger charge is 2.30. The molecule has 9 atom stereocenters. The summed E-state index contributed by atoms with van der Waals surface area (Å²) in [4.78, 5) is 12.6. The molecule has 0 radical (unpaired) electrons. The van der Waals surface area contributed by atoms with Crippen molar-refractivity contribution >= 4 is 5.97 Å². The van der Waals surface area contributed by atoms with Gasteiger partial charge in [-0.05, 0) is 25.7 Å². The Bertz CT molecular complexity index is 793. The van der Waals surface area contributed by atoms with Gasteiger partial charge in [0.2, 0.25) is 0 Å². The molecule has 0 aromatic rings. The normalized spacial score (nSPS) is 38.6. The predicted molar refractivity (Wildman–Crippen MR) is 148 cm³/mol. The fraction of sp³-hybridized carbons (Fsp3) is 0.581. The molecule has 1 heterocycles. The Labute approximate surface area is 218 Å². The largest absolute Gasteiger partial charge is 0.458 e. The van der Waals surface area contributed by atoms with Crippen LogP contribution in [0.1, 0.15) is 60.3 Å². The topological polar surface area (TPSA) is 87.0 Å². The molecule has 5 heteroatoms. The van der Waals surface area contributed by atoms with Crippen LogP contribution in [0.4, 0.5) is 0 Å². The van der Waals surface area contributed by atoms with Crippen LogP contribution in [0.25, 0.3) is 0 Å². The maximum atomic E-state index is 12.6. The Balaban J connectivity index is 3.11. The summed E-state index contributed by atoms with van der Waals surface area (Å²) in [6, 6.07) is 0. The van der Waals surface area contributed by atoms with E-state index < -0.39 is 30.4 Å². The summed E-state index contributed by atoms with van der Waals surface area (Å²) in [7, 11) is 0. The molecule has 202 valence electrons. The Kier molecular flexibility index (Phi) is 15.3. The SMILES string of the molecule is C=C/C=C\[C@H](C)[C@@H]1OC(=O)/C=C\C=C\[C@@H](C)[C@H](O)CC/C=C\[C@H](C)[C@H](O)[C@@H](C)/C=C\CC[C@@H](O)[C@@H]1C. The highest BCUT2D eigenvalue weighted by molar-refractivity contribution is 5.82. The van der Waals surface area contributed by atoms with E-state index in [9.17, 15) is 20.1 Å². The number of aliphatic hydroxyl groups is 3. The summed E-state index contributed by atoms with van der Waals surface area (Å²) in [5, 5.41) is 32.0. The summed E-state index contributed by atoms with van der Waals surface area (Å²) < 4.78 is 5.78. The molecule has 3 N–H and O–H groups in total. The zero-order valence-electron chi connectivity index (χ0n) is 22.7. The van der Waals surface area contributed by atoms with Gasteiger partial charge in [0.25, 0.3) is 0 Å². The number of hydrogen-bond donors (Lipinski definition) is 3. The summed E-state index contributed by atoms with van der Waals surface area (Å²) in [5.74, 6) is -0.971. The predicted octanol–water partition coefficient (Wildman–Crippen LogP) is 5.70. The lowest BCUT2D eigenvalue weighted by atomic mass is 9.86. The van der Waals surface area contributed by atoms with Gasteiger partial charge in [-0.1, -0.05) is 102 Å². The first-order valence-electron chi connectivity index (χ1n) is 13.3. The number of rotatable bonds is 3. The van der Waals surface area contributed by atoms with Crippen molar-refractivity contribution in [1.29, 1.82) is 0 Å². The van der Waals surface area contributed by atoms with Crippen LogP contribution in [0.5, 0.6) is 0 Å². The van der Waals surface area contributed by atoms with E-state index in [4.69, 9.17) is 4.74 Å². The maximum absolute atomic E-state index is 12.6. The molecule has 0 aromatic carbocycles. The average Bonchev–Trinajstić information content (AvgIpc) is 2.86. The number of cyclic esters (lactones) is 1. The first-order chi connectivity index (χ1) is 17.1. The maximum Gasteiger partial charge on any atom is 0.331 e. The van der Waals surface area contributed by atoms with Gasteiger partial charge in [-0.15, -0.1) is 0 Å². The van der Waals surface area contributed by atoms with Crippen LogP contribution in [0, 0.1) is 29.6 Å². The van der Waals surface area contributed by atoms with Crippen molar-refractivity contribution in [2.75, 3.05) is 0 Å². The number of hydrogen-bond acceptors (Lipinski definition) is 5. The molecule has 1 rings (SSSR count). The molecule has 0 bridgehead atoms. The average molecular weight is 501 g/mol. The lowest BCUT2D eigenvalue weighted by Gasteiger charge is -2.30. The third-order valence-electron chi connectivity index (χ3n) is 7.03. The van der Waals surface area contributed by atoms with Crippen LogP contribution in [0.3, 0.4) is 0 Å². The summed E-state index contributed by atoms with van der Waals surface area (Å²) in [5.41, 5.74) is 0. The first-order valence-corrected chi connectivity index (χ1v) is 13.3. The molecule has 0 unspecified atom stereocenters. The lowest BCUT2D eigenvalue weighted by Crippen LogP contribution is -2.37. The van der Waals surface area contributed by atoms with Gasteiger partial charge in [0.1, 0.15) is 6.10 Å². The second-order valence-electron chi connectivity index (χ2n) is 10.2. The van der Waals surface area contributed by atoms with E-state index in [1.165, 1.54) is 6.08 Å². The smallest absolute Gasteiger partial charge is 0.331 e. The molecule has 0 amide bonds. The summed E-state index contributed by atoms with van der Waals surface area (Å²) >= 11 is 0. The molecule has 0 aromatic heterocycles. The van der Waals surface area contributed by atoms with Crippen LogP contribution in [-0.4, -0.2) is 45.7 Å². The fourth-order valence-electron chi connectivity index (χ4n) is 4.34. The van der Waals surface area contributed by atoms with Crippen molar-refractivity contribution in [1.82, 2.24) is 0 Å². The molecule has 0 saturated heterocycles. The van der Waals surface area contributed by atoms with E-state index in [1.54, 1.807) is 18.2 Å². The monoisotopic (exact) mass is 500 g/mol. The van der Waals surface area contributed by atoms with E-state index >= 15 is 0 Å². The third-order valence-corrected chi connectivity index (χ3v) is 7.03. The van der Waals surface area contributed by atoms with Gasteiger partial charge in [0.05, 0.1) is 18.3 Å². The van der Waals surface area contributed by atoms with E-state index in [0.29, 0.717) is 19.3 Å². The Morgan fingerprint density at radius 1 is 0.917 bits per heavy atom. The number of allylic oxidation sites excluding steroid dienone is 6. The minimum Gasteiger partial charge on any atom is -0.458 e. The van der Waals surface area contributed by atoms with Crippen LogP contribution in [-0.2, 0) is 9.53 Å². The van der Waals surface area contributed by atoms with Crippen LogP contribution < -0.4 is 0 Å². The van der Waals surface area contributed by atoms with Crippen molar-refractivity contribution in [3.05, 3.63) is 73.4 Å². The molecule has 1 aliphatic rings. The van der Waals surface area contributed by atoms with Gasteiger partial charge < -0.3 is 20.1 Å². The van der Waals surface area contributed by atoms with Gasteiger partial charge in [-0.3, -0.25) is 0 Å². The number of carbonyl (C=O) groups excluding carboxylic acids is 1. The number of aliphatic hydroxyl groups excluding tert-OH is 3. The highest BCUT2D eigenvalue weighted by atomic mass is 16.5. The van der Waals surface area contributed by atoms with Crippen molar-refractivity contribution in [2.24, 2.45) is 29.6 Å². The fourth-order valence-corrected chi connectivity index (χ4v) is 4.34. The minimum absolute atomic E-state index is 0.00623. The molecule has 5 nitrogen and oxygen atoms in total.